The summed E-state index contributed by atoms with van der Waals surface area (Å²) in [7, 11) is 0. The average Bonchev–Trinajstić information content (AvgIpc) is 2.91. The van der Waals surface area contributed by atoms with Crippen molar-refractivity contribution in [3.8, 4) is 0 Å². The van der Waals surface area contributed by atoms with Crippen LogP contribution in [0.25, 0.3) is 11.0 Å². The van der Waals surface area contributed by atoms with Crippen LogP contribution in [0.3, 0.4) is 0 Å². The molecule has 1 saturated heterocycles. The third-order valence-corrected chi connectivity index (χ3v) is 4.80. The van der Waals surface area contributed by atoms with E-state index in [1.54, 1.807) is 0 Å². The molecule has 1 aliphatic heterocycles. The molecule has 1 atom stereocenters. The summed E-state index contributed by atoms with van der Waals surface area (Å²) in [5.74, 6) is 0.533. The number of carbonyl (C=O) groups is 2. The number of benzene rings is 1. The molecule has 0 spiro atoms. The molecule has 0 saturated carbocycles. The maximum atomic E-state index is 12.4. The van der Waals surface area contributed by atoms with Crippen molar-refractivity contribution in [2.75, 3.05) is 13.1 Å². The second-order valence-electron chi connectivity index (χ2n) is 6.77. The van der Waals surface area contributed by atoms with E-state index in [0.29, 0.717) is 13.1 Å². The molecule has 0 aliphatic carbocycles. The Morgan fingerprint density at radius 3 is 2.88 bits per heavy atom. The Bertz CT molecular complexity index is 781. The number of carbonyl (C=O) groups excluding carboxylic acids is 2. The van der Waals surface area contributed by atoms with Crippen molar-refractivity contribution >= 4 is 22.8 Å². The second-order valence-corrected chi connectivity index (χ2v) is 6.77. The van der Waals surface area contributed by atoms with Gasteiger partial charge >= 0.3 is 0 Å². The van der Waals surface area contributed by atoms with E-state index in [2.05, 4.69) is 15.5 Å². The molecule has 0 bridgehead atoms. The summed E-state index contributed by atoms with van der Waals surface area (Å²) in [5.41, 5.74) is 1.86. The third kappa shape index (κ3) is 3.69. The van der Waals surface area contributed by atoms with Gasteiger partial charge in [0.1, 0.15) is 11.3 Å². The van der Waals surface area contributed by atoms with E-state index in [9.17, 15) is 9.59 Å². The van der Waals surface area contributed by atoms with E-state index in [1.165, 1.54) is 0 Å². The Hall–Kier alpha value is -2.34. The second kappa shape index (κ2) is 7.27. The van der Waals surface area contributed by atoms with E-state index >= 15 is 0 Å². The molecule has 2 amide bonds. The lowest BCUT2D eigenvalue weighted by Gasteiger charge is -2.37. The van der Waals surface area contributed by atoms with Gasteiger partial charge in [0.2, 0.25) is 11.8 Å². The number of hydrogen-bond acceptors (Lipinski definition) is 4. The first-order valence-corrected chi connectivity index (χ1v) is 8.74. The zero-order valence-corrected chi connectivity index (χ0v) is 15.0. The fourth-order valence-corrected chi connectivity index (χ4v) is 3.38. The van der Waals surface area contributed by atoms with Gasteiger partial charge in [-0.25, -0.2) is 0 Å². The first-order chi connectivity index (χ1) is 12.0. The van der Waals surface area contributed by atoms with Crippen LogP contribution < -0.4 is 10.6 Å². The Morgan fingerprint density at radius 2 is 2.16 bits per heavy atom. The highest BCUT2D eigenvalue weighted by atomic mass is 16.3. The normalized spacial score (nSPS) is 18.6. The van der Waals surface area contributed by atoms with Gasteiger partial charge in [-0.2, -0.15) is 0 Å². The smallest absolute Gasteiger partial charge is 0.237 e. The van der Waals surface area contributed by atoms with Crippen molar-refractivity contribution in [3.05, 3.63) is 35.6 Å². The molecule has 3 rings (SSSR count). The number of furan rings is 1. The lowest BCUT2D eigenvalue weighted by molar-refractivity contribution is -0.134. The minimum atomic E-state index is -0.412. The van der Waals surface area contributed by atoms with Crippen molar-refractivity contribution in [2.45, 2.75) is 45.8 Å². The van der Waals surface area contributed by atoms with Gasteiger partial charge in [-0.15, -0.1) is 0 Å². The Labute approximate surface area is 147 Å². The summed E-state index contributed by atoms with van der Waals surface area (Å²) in [5, 5.41) is 6.79. The number of nitrogens with one attached hydrogen (secondary N) is 2. The minimum absolute atomic E-state index is 0.0741. The van der Waals surface area contributed by atoms with Gasteiger partial charge < -0.3 is 15.1 Å². The van der Waals surface area contributed by atoms with E-state index in [4.69, 9.17) is 4.42 Å². The molecule has 0 unspecified atom stereocenters. The van der Waals surface area contributed by atoms with E-state index < -0.39 is 6.04 Å². The summed E-state index contributed by atoms with van der Waals surface area (Å²) in [4.78, 5) is 26.6. The first-order valence-electron chi connectivity index (χ1n) is 8.74. The van der Waals surface area contributed by atoms with Crippen molar-refractivity contribution < 1.29 is 14.0 Å². The summed E-state index contributed by atoms with van der Waals surface area (Å²) in [6.45, 7) is 7.80. The van der Waals surface area contributed by atoms with Gasteiger partial charge in [-0.05, 0) is 26.8 Å². The summed E-state index contributed by atoms with van der Waals surface area (Å²) >= 11 is 0. The number of amides is 2. The van der Waals surface area contributed by atoms with Crippen LogP contribution in [0.1, 0.15) is 31.6 Å². The van der Waals surface area contributed by atoms with E-state index in [-0.39, 0.29) is 24.3 Å². The summed E-state index contributed by atoms with van der Waals surface area (Å²) in [6, 6.07) is 7.63. The van der Waals surface area contributed by atoms with Crippen molar-refractivity contribution in [1.82, 2.24) is 15.5 Å². The molecule has 6 nitrogen and oxygen atoms in total. The van der Waals surface area contributed by atoms with Gasteiger partial charge in [0.25, 0.3) is 0 Å². The SMILES string of the molecule is Cc1c(CNC(=O)C[C@H]2C(=O)NCCN2C(C)C)oc2ccccc12. The number of nitrogens with zero attached hydrogens (tertiary/aromatic N) is 1. The van der Waals surface area contributed by atoms with Crippen LogP contribution in [0.15, 0.2) is 28.7 Å². The van der Waals surface area contributed by atoms with Crippen LogP contribution in [0.2, 0.25) is 0 Å². The van der Waals surface area contributed by atoms with Crippen LogP contribution in [-0.4, -0.2) is 41.9 Å². The minimum Gasteiger partial charge on any atom is -0.459 e. The molecular formula is C19H25N3O3. The zero-order valence-electron chi connectivity index (χ0n) is 15.0. The highest BCUT2D eigenvalue weighted by Crippen LogP contribution is 2.24. The third-order valence-electron chi connectivity index (χ3n) is 4.80. The molecule has 1 aromatic carbocycles. The first kappa shape index (κ1) is 17.5. The maximum absolute atomic E-state index is 12.4. The van der Waals surface area contributed by atoms with Crippen LogP contribution in [0.4, 0.5) is 0 Å². The molecule has 25 heavy (non-hydrogen) atoms. The lowest BCUT2D eigenvalue weighted by atomic mass is 10.1. The molecule has 134 valence electrons. The Balaban J connectivity index is 1.63. The van der Waals surface area contributed by atoms with Crippen molar-refractivity contribution in [2.24, 2.45) is 0 Å². The van der Waals surface area contributed by atoms with E-state index in [0.717, 1.165) is 28.8 Å². The van der Waals surface area contributed by atoms with Crippen LogP contribution >= 0.6 is 0 Å². The van der Waals surface area contributed by atoms with Gasteiger partial charge in [0.15, 0.2) is 0 Å². The Kier molecular flexibility index (Phi) is 5.08. The maximum Gasteiger partial charge on any atom is 0.237 e. The van der Waals surface area contributed by atoms with Gasteiger partial charge in [0, 0.05) is 30.1 Å². The van der Waals surface area contributed by atoms with Gasteiger partial charge in [-0.1, -0.05) is 18.2 Å². The summed E-state index contributed by atoms with van der Waals surface area (Å²) < 4.78 is 5.82. The zero-order chi connectivity index (χ0) is 18.0. The van der Waals surface area contributed by atoms with Gasteiger partial charge in [-0.3, -0.25) is 14.5 Å². The van der Waals surface area contributed by atoms with Crippen LogP contribution in [0.5, 0.6) is 0 Å². The molecule has 1 aromatic heterocycles. The quantitative estimate of drug-likeness (QED) is 0.870. The number of piperazine rings is 1. The molecule has 6 heteroatoms. The molecule has 1 fully saturated rings. The van der Waals surface area contributed by atoms with E-state index in [1.807, 2.05) is 45.0 Å². The predicted molar refractivity (Wildman–Crippen MR) is 96.1 cm³/mol. The number of fused-ring (bicyclic) bond motifs is 1. The monoisotopic (exact) mass is 343 g/mol. The summed E-state index contributed by atoms with van der Waals surface area (Å²) in [6.07, 6.45) is 0.156. The molecule has 2 aromatic rings. The standard InChI is InChI=1S/C19H25N3O3/c1-12(2)22-9-8-20-19(24)15(22)10-18(23)21-11-17-13(3)14-6-4-5-7-16(14)25-17/h4-7,12,15H,8-11H2,1-3H3,(H,20,24)(H,21,23)/t15-/m0/s1. The molecule has 1 aliphatic rings. The number of rotatable bonds is 5. The fraction of sp³-hybridized carbons (Fsp3) is 0.474. The number of hydrogen-bond donors (Lipinski definition) is 2. The van der Waals surface area contributed by atoms with Crippen LogP contribution in [0, 0.1) is 6.92 Å². The molecule has 2 N–H and O–H groups in total. The average molecular weight is 343 g/mol. The topological polar surface area (TPSA) is 74.6 Å². The molecular weight excluding hydrogens is 318 g/mol. The number of aryl methyl sites for hydroxylation is 1. The fourth-order valence-electron chi connectivity index (χ4n) is 3.38. The predicted octanol–water partition coefficient (Wildman–Crippen LogP) is 1.96. The molecule has 2 heterocycles. The van der Waals surface area contributed by atoms with Crippen molar-refractivity contribution in [3.63, 3.8) is 0 Å². The van der Waals surface area contributed by atoms with Crippen LogP contribution in [-0.2, 0) is 16.1 Å². The highest BCUT2D eigenvalue weighted by Gasteiger charge is 2.32. The number of para-hydroxylation sites is 1. The Morgan fingerprint density at radius 1 is 1.40 bits per heavy atom. The molecule has 0 radical (unpaired) electrons. The largest absolute Gasteiger partial charge is 0.459 e. The van der Waals surface area contributed by atoms with Gasteiger partial charge in [0.05, 0.1) is 19.0 Å². The highest BCUT2D eigenvalue weighted by molar-refractivity contribution is 5.89. The lowest BCUT2D eigenvalue weighted by Crippen LogP contribution is -2.58. The van der Waals surface area contributed by atoms with Crippen molar-refractivity contribution in [1.29, 1.82) is 0 Å².